The highest BCUT2D eigenvalue weighted by Gasteiger charge is 2.32. The lowest BCUT2D eigenvalue weighted by molar-refractivity contribution is -0.153. The summed E-state index contributed by atoms with van der Waals surface area (Å²) in [5, 5.41) is 0. The molecule has 0 N–H and O–H groups in total. The van der Waals surface area contributed by atoms with Gasteiger partial charge in [-0.2, -0.15) is 0 Å². The molecule has 0 radical (unpaired) electrons. The second kappa shape index (κ2) is 7.84. The number of hydrogen-bond acceptors (Lipinski definition) is 4. The van der Waals surface area contributed by atoms with Gasteiger partial charge in [0.25, 0.3) is 0 Å². The maximum Gasteiger partial charge on any atom is 0.328 e. The molecule has 6 heteroatoms. The number of carbonyl (C=O) groups excluding carboxylic acids is 2. The molecule has 1 unspecified atom stereocenters. The van der Waals surface area contributed by atoms with Crippen LogP contribution in [0.4, 0.5) is 0 Å². The van der Waals surface area contributed by atoms with Crippen molar-refractivity contribution in [3.05, 3.63) is 28.7 Å². The monoisotopic (exact) mass is 371 g/mol. The number of ether oxygens (including phenoxy) is 1. The number of methoxy groups -OCH3 is 1. The van der Waals surface area contributed by atoms with Gasteiger partial charge >= 0.3 is 5.97 Å². The number of amides is 1. The minimum Gasteiger partial charge on any atom is -0.467 e. The Labute approximate surface area is 137 Å². The van der Waals surface area contributed by atoms with Gasteiger partial charge in [0.15, 0.2) is 0 Å². The number of piperidine rings is 1. The van der Waals surface area contributed by atoms with E-state index in [1.165, 1.54) is 18.9 Å². The van der Waals surface area contributed by atoms with Crippen LogP contribution in [-0.2, 0) is 14.3 Å². The summed E-state index contributed by atoms with van der Waals surface area (Å²) < 4.78 is 5.82. The Morgan fingerprint density at radius 3 is 2.71 bits per heavy atom. The van der Waals surface area contributed by atoms with Crippen molar-refractivity contribution < 1.29 is 14.3 Å². The van der Waals surface area contributed by atoms with Gasteiger partial charge in [0.05, 0.1) is 12.9 Å². The van der Waals surface area contributed by atoms with Crippen molar-refractivity contribution >= 4 is 39.6 Å². The van der Waals surface area contributed by atoms with Crippen LogP contribution in [0.1, 0.15) is 19.3 Å². The van der Waals surface area contributed by atoms with E-state index in [2.05, 4.69) is 15.9 Å². The van der Waals surface area contributed by atoms with E-state index in [0.29, 0.717) is 18.7 Å². The van der Waals surface area contributed by atoms with Crippen molar-refractivity contribution in [2.75, 3.05) is 19.4 Å². The first-order valence-electron chi connectivity index (χ1n) is 6.87. The average molecular weight is 372 g/mol. The predicted octanol–water partition coefficient (Wildman–Crippen LogP) is 3.10. The number of rotatable bonds is 4. The minimum atomic E-state index is -0.415. The summed E-state index contributed by atoms with van der Waals surface area (Å²) in [4.78, 5) is 26.8. The van der Waals surface area contributed by atoms with E-state index in [1.807, 2.05) is 24.3 Å². The van der Waals surface area contributed by atoms with Gasteiger partial charge in [-0.25, -0.2) is 4.79 Å². The van der Waals surface area contributed by atoms with Crippen LogP contribution in [0.15, 0.2) is 33.6 Å². The van der Waals surface area contributed by atoms with Crippen LogP contribution in [0.3, 0.4) is 0 Å². The Kier molecular flexibility index (Phi) is 6.11. The summed E-state index contributed by atoms with van der Waals surface area (Å²) in [5.74, 6) is 0.0319. The van der Waals surface area contributed by atoms with E-state index in [9.17, 15) is 9.59 Å². The quantitative estimate of drug-likeness (QED) is 0.602. The molecule has 0 bridgehead atoms. The Morgan fingerprint density at radius 2 is 2.05 bits per heavy atom. The van der Waals surface area contributed by atoms with Crippen LogP contribution < -0.4 is 0 Å². The lowest BCUT2D eigenvalue weighted by atomic mass is 10.0. The van der Waals surface area contributed by atoms with Crippen molar-refractivity contribution in [1.82, 2.24) is 4.90 Å². The summed E-state index contributed by atoms with van der Waals surface area (Å²) in [6.45, 7) is 0.638. The second-order valence-corrected chi connectivity index (χ2v) is 6.83. The van der Waals surface area contributed by atoms with Crippen molar-refractivity contribution in [1.29, 1.82) is 0 Å². The smallest absolute Gasteiger partial charge is 0.328 e. The van der Waals surface area contributed by atoms with Crippen molar-refractivity contribution in [3.8, 4) is 0 Å². The lowest BCUT2D eigenvalue weighted by Gasteiger charge is -2.33. The fourth-order valence-corrected chi connectivity index (χ4v) is 3.42. The van der Waals surface area contributed by atoms with Gasteiger partial charge < -0.3 is 9.64 Å². The molecule has 1 aromatic rings. The number of carbonyl (C=O) groups is 2. The third kappa shape index (κ3) is 4.48. The fraction of sp³-hybridized carbons (Fsp3) is 0.467. The molecule has 0 aromatic heterocycles. The highest BCUT2D eigenvalue weighted by Crippen LogP contribution is 2.23. The molecule has 1 aliphatic rings. The summed E-state index contributed by atoms with van der Waals surface area (Å²) in [6.07, 6.45) is 2.60. The first-order chi connectivity index (χ1) is 10.1. The first kappa shape index (κ1) is 16.4. The largest absolute Gasteiger partial charge is 0.467 e. The lowest BCUT2D eigenvalue weighted by Crippen LogP contribution is -2.49. The van der Waals surface area contributed by atoms with Crippen molar-refractivity contribution in [3.63, 3.8) is 0 Å². The second-order valence-electron chi connectivity index (χ2n) is 4.86. The number of hydrogen-bond donors (Lipinski definition) is 0. The van der Waals surface area contributed by atoms with Crippen LogP contribution in [-0.4, -0.2) is 42.2 Å². The fourth-order valence-electron chi connectivity index (χ4n) is 2.37. The summed E-state index contributed by atoms with van der Waals surface area (Å²) in [7, 11) is 1.37. The van der Waals surface area contributed by atoms with Crippen LogP contribution in [0.5, 0.6) is 0 Å². The Hall–Kier alpha value is -1.01. The van der Waals surface area contributed by atoms with Crippen molar-refractivity contribution in [2.24, 2.45) is 0 Å². The van der Waals surface area contributed by atoms with Gasteiger partial charge in [0.2, 0.25) is 5.91 Å². The third-order valence-electron chi connectivity index (χ3n) is 3.47. The number of benzene rings is 1. The molecule has 0 spiro atoms. The predicted molar refractivity (Wildman–Crippen MR) is 86.2 cm³/mol. The van der Waals surface area contributed by atoms with Crippen LogP contribution in [0.2, 0.25) is 0 Å². The molecule has 1 amide bonds. The van der Waals surface area contributed by atoms with E-state index in [1.54, 1.807) is 4.90 Å². The molecule has 21 heavy (non-hydrogen) atoms. The minimum absolute atomic E-state index is 0.00183. The molecule has 1 atom stereocenters. The van der Waals surface area contributed by atoms with E-state index >= 15 is 0 Å². The molecule has 114 valence electrons. The molecule has 1 fully saturated rings. The molecule has 1 aromatic carbocycles. The topological polar surface area (TPSA) is 46.6 Å². The summed E-state index contributed by atoms with van der Waals surface area (Å²) in [5.41, 5.74) is 0. The number of halogens is 1. The van der Waals surface area contributed by atoms with Gasteiger partial charge in [-0.1, -0.05) is 15.9 Å². The van der Waals surface area contributed by atoms with Crippen LogP contribution >= 0.6 is 27.7 Å². The number of esters is 1. The zero-order valence-corrected chi connectivity index (χ0v) is 14.3. The number of likely N-dealkylation sites (tertiary alicyclic amines) is 1. The van der Waals surface area contributed by atoms with Crippen LogP contribution in [0, 0.1) is 0 Å². The maximum atomic E-state index is 12.4. The van der Waals surface area contributed by atoms with Gasteiger partial charge in [0.1, 0.15) is 6.04 Å². The molecule has 0 aliphatic carbocycles. The molecular weight excluding hydrogens is 354 g/mol. The Bertz CT molecular complexity index is 506. The summed E-state index contributed by atoms with van der Waals surface area (Å²) in [6, 6.07) is 7.42. The molecule has 0 saturated carbocycles. The normalized spacial score (nSPS) is 18.4. The summed E-state index contributed by atoms with van der Waals surface area (Å²) >= 11 is 4.87. The van der Waals surface area contributed by atoms with Crippen LogP contribution in [0.25, 0.3) is 0 Å². The zero-order valence-electron chi connectivity index (χ0n) is 11.9. The van der Waals surface area contributed by atoms with E-state index in [-0.39, 0.29) is 11.9 Å². The van der Waals surface area contributed by atoms with Gasteiger partial charge in [0, 0.05) is 15.9 Å². The number of nitrogens with zero attached hydrogens (tertiary/aromatic N) is 1. The number of thioether (sulfide) groups is 1. The molecule has 4 nitrogen and oxygen atoms in total. The van der Waals surface area contributed by atoms with E-state index in [0.717, 1.165) is 22.2 Å². The average Bonchev–Trinajstić information content (AvgIpc) is 2.53. The highest BCUT2D eigenvalue weighted by molar-refractivity contribution is 9.10. The van der Waals surface area contributed by atoms with Gasteiger partial charge in [-0.15, -0.1) is 11.8 Å². The molecular formula is C15H18BrNO3S. The molecule has 1 heterocycles. The molecule has 2 rings (SSSR count). The van der Waals surface area contributed by atoms with Gasteiger partial charge in [-0.3, -0.25) is 4.79 Å². The molecule has 1 aliphatic heterocycles. The molecule has 1 saturated heterocycles. The van der Waals surface area contributed by atoms with E-state index in [4.69, 9.17) is 4.74 Å². The standard InChI is InChI=1S/C15H18BrNO3S/c1-20-15(19)13-4-2-3-9-17(13)14(18)10-21-12-7-5-11(16)6-8-12/h5-8,13H,2-4,9-10H2,1H3. The highest BCUT2D eigenvalue weighted by atomic mass is 79.9. The Balaban J connectivity index is 1.94. The SMILES string of the molecule is COC(=O)C1CCCCN1C(=O)CSc1ccc(Br)cc1. The van der Waals surface area contributed by atoms with E-state index < -0.39 is 6.04 Å². The van der Waals surface area contributed by atoms with Gasteiger partial charge in [-0.05, 0) is 43.5 Å². The Morgan fingerprint density at radius 1 is 1.33 bits per heavy atom. The van der Waals surface area contributed by atoms with Crippen molar-refractivity contribution in [2.45, 2.75) is 30.2 Å². The zero-order chi connectivity index (χ0) is 15.2. The first-order valence-corrected chi connectivity index (χ1v) is 8.65. The maximum absolute atomic E-state index is 12.4. The third-order valence-corrected chi connectivity index (χ3v) is 5.00.